The van der Waals surface area contributed by atoms with Crippen LogP contribution in [0.3, 0.4) is 0 Å². The molecule has 0 amide bonds. The fourth-order valence-electron chi connectivity index (χ4n) is 2.18. The van der Waals surface area contributed by atoms with Gasteiger partial charge in [-0.3, -0.25) is 10.1 Å². The molecule has 0 aliphatic rings. The Morgan fingerprint density at radius 3 is 2.41 bits per heavy atom. The predicted molar refractivity (Wildman–Crippen MR) is 85.2 cm³/mol. The molecule has 0 unspecified atom stereocenters. The predicted octanol–water partition coefficient (Wildman–Crippen LogP) is 2.73. The molecule has 2 atom stereocenters. The topological polar surface area (TPSA) is 75.1 Å². The van der Waals surface area contributed by atoms with Gasteiger partial charge in [0.15, 0.2) is 5.82 Å². The summed E-state index contributed by atoms with van der Waals surface area (Å²) in [6, 6.07) is 9.18. The number of carboxylic acids is 1. The number of hydrogen-bond donors (Lipinski definition) is 2. The summed E-state index contributed by atoms with van der Waals surface area (Å²) in [4.78, 5) is 19.9. The van der Waals surface area contributed by atoms with Gasteiger partial charge in [0.1, 0.15) is 6.04 Å². The van der Waals surface area contributed by atoms with E-state index in [1.165, 1.54) is 0 Å². The van der Waals surface area contributed by atoms with Gasteiger partial charge in [0.05, 0.1) is 0 Å². The Bertz CT molecular complexity index is 599. The van der Waals surface area contributed by atoms with E-state index in [2.05, 4.69) is 15.3 Å². The Labute approximate surface area is 130 Å². The summed E-state index contributed by atoms with van der Waals surface area (Å²) < 4.78 is 0. The fourth-order valence-corrected chi connectivity index (χ4v) is 2.18. The molecule has 0 aliphatic carbocycles. The summed E-state index contributed by atoms with van der Waals surface area (Å²) in [5.74, 6) is -0.0840. The Hall–Kier alpha value is -2.27. The zero-order valence-corrected chi connectivity index (χ0v) is 12.9. The van der Waals surface area contributed by atoms with Gasteiger partial charge in [-0.15, -0.1) is 0 Å². The molecule has 2 rings (SSSR count). The average Bonchev–Trinajstić information content (AvgIpc) is 2.56. The number of rotatable bonds is 7. The maximum atomic E-state index is 11.3. The maximum absolute atomic E-state index is 11.3. The quantitative estimate of drug-likeness (QED) is 0.822. The second-order valence-electron chi connectivity index (χ2n) is 5.36. The SMILES string of the molecule is CC[C@H](C)[C@H](NCc1cnc(-c2ccccc2)nc1)C(=O)O. The molecule has 1 heterocycles. The lowest BCUT2D eigenvalue weighted by Crippen LogP contribution is -2.41. The molecule has 2 N–H and O–H groups in total. The van der Waals surface area contributed by atoms with E-state index in [1.807, 2.05) is 44.2 Å². The highest BCUT2D eigenvalue weighted by atomic mass is 16.4. The minimum atomic E-state index is -0.823. The summed E-state index contributed by atoms with van der Waals surface area (Å²) in [6.45, 7) is 4.36. The molecule has 5 heteroatoms. The third kappa shape index (κ3) is 4.11. The summed E-state index contributed by atoms with van der Waals surface area (Å²) in [5, 5.41) is 12.3. The van der Waals surface area contributed by atoms with Crippen LogP contribution in [0.5, 0.6) is 0 Å². The second-order valence-corrected chi connectivity index (χ2v) is 5.36. The lowest BCUT2D eigenvalue weighted by molar-refractivity contribution is -0.140. The number of hydrogen-bond acceptors (Lipinski definition) is 4. The molecular weight excluding hydrogens is 278 g/mol. The molecule has 0 fully saturated rings. The minimum Gasteiger partial charge on any atom is -0.480 e. The molecule has 0 saturated carbocycles. The van der Waals surface area contributed by atoms with Crippen LogP contribution in [0, 0.1) is 5.92 Å². The highest BCUT2D eigenvalue weighted by Gasteiger charge is 2.22. The molecule has 0 aliphatic heterocycles. The summed E-state index contributed by atoms with van der Waals surface area (Å²) >= 11 is 0. The zero-order valence-electron chi connectivity index (χ0n) is 12.9. The molecular formula is C17H21N3O2. The van der Waals surface area contributed by atoms with Crippen LogP contribution in [0.1, 0.15) is 25.8 Å². The number of nitrogens with zero attached hydrogens (tertiary/aromatic N) is 2. The molecule has 1 aromatic heterocycles. The van der Waals surface area contributed by atoms with Crippen LogP contribution in [-0.4, -0.2) is 27.1 Å². The Kier molecular flexibility index (Phi) is 5.61. The number of carbonyl (C=O) groups is 1. The van der Waals surface area contributed by atoms with Gasteiger partial charge in [-0.05, 0) is 5.92 Å². The largest absolute Gasteiger partial charge is 0.480 e. The van der Waals surface area contributed by atoms with Crippen LogP contribution >= 0.6 is 0 Å². The molecule has 5 nitrogen and oxygen atoms in total. The van der Waals surface area contributed by atoms with Crippen molar-refractivity contribution in [2.24, 2.45) is 5.92 Å². The zero-order chi connectivity index (χ0) is 15.9. The number of aliphatic carboxylic acids is 1. The van der Waals surface area contributed by atoms with E-state index in [4.69, 9.17) is 0 Å². The van der Waals surface area contributed by atoms with Gasteiger partial charge in [-0.25, -0.2) is 9.97 Å². The van der Waals surface area contributed by atoms with E-state index in [0.717, 1.165) is 17.5 Å². The van der Waals surface area contributed by atoms with Gasteiger partial charge in [-0.1, -0.05) is 50.6 Å². The van der Waals surface area contributed by atoms with Crippen molar-refractivity contribution in [2.75, 3.05) is 0 Å². The lowest BCUT2D eigenvalue weighted by Gasteiger charge is -2.20. The van der Waals surface area contributed by atoms with Gasteiger partial charge in [-0.2, -0.15) is 0 Å². The first-order valence-corrected chi connectivity index (χ1v) is 7.44. The minimum absolute atomic E-state index is 0.0713. The highest BCUT2D eigenvalue weighted by molar-refractivity contribution is 5.73. The van der Waals surface area contributed by atoms with Crippen LogP contribution in [0.4, 0.5) is 0 Å². The third-order valence-electron chi connectivity index (χ3n) is 3.74. The van der Waals surface area contributed by atoms with Crippen molar-refractivity contribution in [1.82, 2.24) is 15.3 Å². The van der Waals surface area contributed by atoms with Crippen molar-refractivity contribution < 1.29 is 9.90 Å². The first kappa shape index (κ1) is 16.1. The highest BCUT2D eigenvalue weighted by Crippen LogP contribution is 2.13. The number of benzene rings is 1. The first-order chi connectivity index (χ1) is 10.6. The van der Waals surface area contributed by atoms with E-state index < -0.39 is 12.0 Å². The van der Waals surface area contributed by atoms with E-state index in [1.54, 1.807) is 12.4 Å². The fraction of sp³-hybridized carbons (Fsp3) is 0.353. The van der Waals surface area contributed by atoms with Crippen molar-refractivity contribution >= 4 is 5.97 Å². The maximum Gasteiger partial charge on any atom is 0.320 e. The Morgan fingerprint density at radius 2 is 1.86 bits per heavy atom. The van der Waals surface area contributed by atoms with Crippen molar-refractivity contribution in [3.63, 3.8) is 0 Å². The van der Waals surface area contributed by atoms with Gasteiger partial charge < -0.3 is 5.11 Å². The third-order valence-corrected chi connectivity index (χ3v) is 3.74. The number of nitrogens with one attached hydrogen (secondary N) is 1. The number of carboxylic acid groups (broad SMARTS) is 1. The summed E-state index contributed by atoms with van der Waals surface area (Å²) in [7, 11) is 0. The van der Waals surface area contributed by atoms with E-state index in [0.29, 0.717) is 12.4 Å². The van der Waals surface area contributed by atoms with Crippen LogP contribution in [0.15, 0.2) is 42.7 Å². The van der Waals surface area contributed by atoms with Crippen LogP contribution in [-0.2, 0) is 11.3 Å². The molecule has 0 spiro atoms. The first-order valence-electron chi connectivity index (χ1n) is 7.44. The Balaban J connectivity index is 2.01. The molecule has 116 valence electrons. The van der Waals surface area contributed by atoms with E-state index in [9.17, 15) is 9.90 Å². The van der Waals surface area contributed by atoms with Crippen molar-refractivity contribution in [3.05, 3.63) is 48.3 Å². The van der Waals surface area contributed by atoms with Gasteiger partial charge >= 0.3 is 5.97 Å². The Morgan fingerprint density at radius 1 is 1.23 bits per heavy atom. The van der Waals surface area contributed by atoms with Gasteiger partial charge in [0.25, 0.3) is 0 Å². The normalized spacial score (nSPS) is 13.5. The summed E-state index contributed by atoms with van der Waals surface area (Å²) in [5.41, 5.74) is 1.83. The molecule has 0 bridgehead atoms. The molecule has 0 radical (unpaired) electrons. The van der Waals surface area contributed by atoms with Gasteiger partial charge in [0.2, 0.25) is 0 Å². The second kappa shape index (κ2) is 7.66. The van der Waals surface area contributed by atoms with E-state index >= 15 is 0 Å². The van der Waals surface area contributed by atoms with Gasteiger partial charge in [0, 0.05) is 30.1 Å². The van der Waals surface area contributed by atoms with Crippen LogP contribution in [0.25, 0.3) is 11.4 Å². The smallest absolute Gasteiger partial charge is 0.320 e. The molecule has 0 saturated heterocycles. The van der Waals surface area contributed by atoms with Crippen molar-refractivity contribution in [1.29, 1.82) is 0 Å². The molecule has 2 aromatic rings. The molecule has 1 aromatic carbocycles. The standard InChI is InChI=1S/C17H21N3O2/c1-3-12(2)15(17(21)22)18-9-13-10-19-16(20-11-13)14-7-5-4-6-8-14/h4-8,10-12,15,18H,3,9H2,1-2H3,(H,21,22)/t12-,15-/m0/s1. The number of aromatic nitrogens is 2. The lowest BCUT2D eigenvalue weighted by atomic mass is 9.99. The van der Waals surface area contributed by atoms with Crippen LogP contribution < -0.4 is 5.32 Å². The van der Waals surface area contributed by atoms with E-state index in [-0.39, 0.29) is 5.92 Å². The van der Waals surface area contributed by atoms with Crippen LogP contribution in [0.2, 0.25) is 0 Å². The van der Waals surface area contributed by atoms with Crippen molar-refractivity contribution in [2.45, 2.75) is 32.9 Å². The monoisotopic (exact) mass is 299 g/mol. The summed E-state index contributed by atoms with van der Waals surface area (Å²) in [6.07, 6.45) is 4.28. The molecule has 22 heavy (non-hydrogen) atoms. The van der Waals surface area contributed by atoms with Crippen molar-refractivity contribution in [3.8, 4) is 11.4 Å². The average molecular weight is 299 g/mol.